The van der Waals surface area contributed by atoms with Gasteiger partial charge in [-0.15, -0.1) is 0 Å². The summed E-state index contributed by atoms with van der Waals surface area (Å²) in [6.07, 6.45) is 6.36. The van der Waals surface area contributed by atoms with Gasteiger partial charge in [-0.05, 0) is 12.8 Å². The van der Waals surface area contributed by atoms with Crippen LogP contribution in [0.4, 0.5) is 0 Å². The van der Waals surface area contributed by atoms with Crippen LogP contribution in [-0.4, -0.2) is 29.6 Å². The Kier molecular flexibility index (Phi) is 10.9. The van der Waals surface area contributed by atoms with E-state index in [0.717, 1.165) is 38.5 Å². The molecule has 0 aromatic heterocycles. The highest BCUT2D eigenvalue weighted by atomic mass is 79.9. The average Bonchev–Trinajstić information content (AvgIpc) is 2.21. The molecule has 4 heteroatoms. The zero-order valence-electron chi connectivity index (χ0n) is 8.51. The molecule has 0 aliphatic rings. The van der Waals surface area contributed by atoms with Crippen LogP contribution in [0.3, 0.4) is 0 Å². The minimum Gasteiger partial charge on any atom is -0.465 e. The van der Waals surface area contributed by atoms with Crippen molar-refractivity contribution in [2.24, 2.45) is 0 Å². The SMILES string of the molecule is O=C(CBr)OCCCCCCCCO. The Bertz CT molecular complexity index is 139. The van der Waals surface area contributed by atoms with E-state index in [9.17, 15) is 4.79 Å². The molecular formula is C10H19BrO3. The van der Waals surface area contributed by atoms with Crippen LogP contribution in [0.1, 0.15) is 38.5 Å². The maximum Gasteiger partial charge on any atom is 0.316 e. The molecule has 0 rings (SSSR count). The molecule has 0 saturated carbocycles. The normalized spacial score (nSPS) is 10.1. The van der Waals surface area contributed by atoms with Crippen LogP contribution >= 0.6 is 15.9 Å². The number of hydrogen-bond acceptors (Lipinski definition) is 3. The van der Waals surface area contributed by atoms with Gasteiger partial charge in [0.2, 0.25) is 0 Å². The van der Waals surface area contributed by atoms with Crippen LogP contribution in [0.25, 0.3) is 0 Å². The van der Waals surface area contributed by atoms with E-state index >= 15 is 0 Å². The number of ether oxygens (including phenoxy) is 1. The summed E-state index contributed by atoms with van der Waals surface area (Å²) in [5.41, 5.74) is 0. The number of esters is 1. The van der Waals surface area contributed by atoms with Gasteiger partial charge in [0.15, 0.2) is 0 Å². The fourth-order valence-electron chi connectivity index (χ4n) is 1.15. The summed E-state index contributed by atoms with van der Waals surface area (Å²) in [6.45, 7) is 0.827. The molecule has 0 heterocycles. The monoisotopic (exact) mass is 266 g/mol. The van der Waals surface area contributed by atoms with E-state index in [0.29, 0.717) is 13.2 Å². The van der Waals surface area contributed by atoms with Crippen LogP contribution in [0.15, 0.2) is 0 Å². The van der Waals surface area contributed by atoms with Crippen LogP contribution in [0.5, 0.6) is 0 Å². The lowest BCUT2D eigenvalue weighted by Gasteiger charge is -2.02. The Balaban J connectivity index is 2.95. The van der Waals surface area contributed by atoms with Gasteiger partial charge in [0, 0.05) is 6.61 Å². The Morgan fingerprint density at radius 3 is 2.21 bits per heavy atom. The zero-order valence-corrected chi connectivity index (χ0v) is 10.1. The minimum atomic E-state index is -0.190. The van der Waals surface area contributed by atoms with Crippen molar-refractivity contribution in [3.8, 4) is 0 Å². The molecule has 0 fully saturated rings. The number of halogens is 1. The summed E-state index contributed by atoms with van der Waals surface area (Å²) in [7, 11) is 0. The van der Waals surface area contributed by atoms with Crippen molar-refractivity contribution in [2.75, 3.05) is 18.5 Å². The third kappa shape index (κ3) is 9.99. The van der Waals surface area contributed by atoms with Crippen LogP contribution in [0, 0.1) is 0 Å². The Morgan fingerprint density at radius 1 is 1.07 bits per heavy atom. The lowest BCUT2D eigenvalue weighted by Crippen LogP contribution is -2.06. The second kappa shape index (κ2) is 11.0. The van der Waals surface area contributed by atoms with Gasteiger partial charge in [-0.3, -0.25) is 4.79 Å². The van der Waals surface area contributed by atoms with Gasteiger partial charge in [0.1, 0.15) is 5.33 Å². The fourth-order valence-corrected chi connectivity index (χ4v) is 1.31. The van der Waals surface area contributed by atoms with Crippen LogP contribution < -0.4 is 0 Å². The highest BCUT2D eigenvalue weighted by Crippen LogP contribution is 2.05. The van der Waals surface area contributed by atoms with Crippen LogP contribution in [0.2, 0.25) is 0 Å². The molecule has 0 amide bonds. The molecule has 0 atom stereocenters. The first-order chi connectivity index (χ1) is 6.81. The molecule has 0 bridgehead atoms. The molecule has 14 heavy (non-hydrogen) atoms. The van der Waals surface area contributed by atoms with E-state index in [2.05, 4.69) is 15.9 Å². The topological polar surface area (TPSA) is 46.5 Å². The summed E-state index contributed by atoms with van der Waals surface area (Å²) in [4.78, 5) is 10.7. The molecular weight excluding hydrogens is 248 g/mol. The summed E-state index contributed by atoms with van der Waals surface area (Å²) < 4.78 is 4.89. The maximum atomic E-state index is 10.7. The van der Waals surface area contributed by atoms with Gasteiger partial charge in [0.05, 0.1) is 6.61 Å². The molecule has 0 aliphatic heterocycles. The molecule has 0 aromatic rings. The van der Waals surface area contributed by atoms with E-state index in [1.165, 1.54) is 0 Å². The van der Waals surface area contributed by atoms with E-state index in [1.54, 1.807) is 0 Å². The molecule has 0 unspecified atom stereocenters. The second-order valence-electron chi connectivity index (χ2n) is 3.20. The summed E-state index contributed by atoms with van der Waals surface area (Å²) in [5.74, 6) is -0.190. The standard InChI is InChI=1S/C10H19BrO3/c11-9-10(13)14-8-6-4-2-1-3-5-7-12/h12H,1-9H2. The maximum absolute atomic E-state index is 10.7. The van der Waals surface area contributed by atoms with Crippen molar-refractivity contribution < 1.29 is 14.6 Å². The van der Waals surface area contributed by atoms with Crippen LogP contribution in [-0.2, 0) is 9.53 Å². The lowest BCUT2D eigenvalue weighted by molar-refractivity contribution is -0.140. The first-order valence-electron chi connectivity index (χ1n) is 5.13. The summed E-state index contributed by atoms with van der Waals surface area (Å²) in [5, 5.41) is 8.81. The highest BCUT2D eigenvalue weighted by molar-refractivity contribution is 9.09. The van der Waals surface area contributed by atoms with Crippen molar-refractivity contribution in [3.63, 3.8) is 0 Å². The van der Waals surface area contributed by atoms with Gasteiger partial charge in [-0.2, -0.15) is 0 Å². The van der Waals surface area contributed by atoms with E-state index in [1.807, 2.05) is 0 Å². The average molecular weight is 267 g/mol. The molecule has 0 aliphatic carbocycles. The first kappa shape index (κ1) is 13.9. The van der Waals surface area contributed by atoms with Gasteiger partial charge in [0.25, 0.3) is 0 Å². The molecule has 0 spiro atoms. The van der Waals surface area contributed by atoms with Gasteiger partial charge in [-0.1, -0.05) is 41.6 Å². The summed E-state index contributed by atoms with van der Waals surface area (Å²) >= 11 is 3.03. The lowest BCUT2D eigenvalue weighted by atomic mass is 10.1. The third-order valence-corrected chi connectivity index (χ3v) is 2.38. The van der Waals surface area contributed by atoms with Gasteiger partial charge >= 0.3 is 5.97 Å². The largest absolute Gasteiger partial charge is 0.465 e. The number of aliphatic hydroxyl groups is 1. The minimum absolute atomic E-state index is 0.190. The molecule has 3 nitrogen and oxygen atoms in total. The predicted molar refractivity (Wildman–Crippen MR) is 59.5 cm³/mol. The quantitative estimate of drug-likeness (QED) is 0.396. The molecule has 1 N–H and O–H groups in total. The molecule has 0 saturated heterocycles. The predicted octanol–water partition coefficient (Wildman–Crippen LogP) is 2.26. The molecule has 84 valence electrons. The number of carbonyl (C=O) groups is 1. The third-order valence-electron chi connectivity index (χ3n) is 1.92. The number of aliphatic hydroxyl groups excluding tert-OH is 1. The highest BCUT2D eigenvalue weighted by Gasteiger charge is 1.97. The Morgan fingerprint density at radius 2 is 1.64 bits per heavy atom. The number of hydrogen-bond donors (Lipinski definition) is 1. The summed E-state index contributed by atoms with van der Waals surface area (Å²) in [6, 6.07) is 0. The van der Waals surface area contributed by atoms with Crippen molar-refractivity contribution in [1.82, 2.24) is 0 Å². The molecule has 0 aromatic carbocycles. The number of rotatable bonds is 9. The number of carbonyl (C=O) groups excluding carboxylic acids is 1. The van der Waals surface area contributed by atoms with Crippen molar-refractivity contribution in [1.29, 1.82) is 0 Å². The zero-order chi connectivity index (χ0) is 10.6. The van der Waals surface area contributed by atoms with Gasteiger partial charge in [-0.25, -0.2) is 0 Å². The van der Waals surface area contributed by atoms with Crippen molar-refractivity contribution >= 4 is 21.9 Å². The van der Waals surface area contributed by atoms with Gasteiger partial charge < -0.3 is 9.84 Å². The van der Waals surface area contributed by atoms with E-state index in [-0.39, 0.29) is 11.3 Å². The molecule has 0 radical (unpaired) electrons. The smallest absolute Gasteiger partial charge is 0.316 e. The first-order valence-corrected chi connectivity index (χ1v) is 6.26. The fraction of sp³-hybridized carbons (Fsp3) is 0.900. The van der Waals surface area contributed by atoms with Crippen molar-refractivity contribution in [2.45, 2.75) is 38.5 Å². The van der Waals surface area contributed by atoms with Crippen molar-refractivity contribution in [3.05, 3.63) is 0 Å². The Hall–Kier alpha value is -0.0900. The number of unbranched alkanes of at least 4 members (excludes halogenated alkanes) is 5. The van der Waals surface area contributed by atoms with E-state index < -0.39 is 0 Å². The van der Waals surface area contributed by atoms with E-state index in [4.69, 9.17) is 9.84 Å². The number of alkyl halides is 1. The Labute approximate surface area is 94.0 Å². The second-order valence-corrected chi connectivity index (χ2v) is 3.76.